The summed E-state index contributed by atoms with van der Waals surface area (Å²) in [7, 11) is 0. The monoisotopic (exact) mass is 335 g/mol. The van der Waals surface area contributed by atoms with Gasteiger partial charge in [-0.25, -0.2) is 0 Å². The van der Waals surface area contributed by atoms with E-state index in [4.69, 9.17) is 0 Å². The summed E-state index contributed by atoms with van der Waals surface area (Å²) < 4.78 is 2.36. The number of allylic oxidation sites excluding steroid dienone is 4. The average Bonchev–Trinajstić information content (AvgIpc) is 3.09. The first-order valence-electron chi connectivity index (χ1n) is 9.45. The van der Waals surface area contributed by atoms with E-state index in [0.29, 0.717) is 5.92 Å². The van der Waals surface area contributed by atoms with Crippen LogP contribution in [-0.2, 0) is 5.54 Å². The van der Waals surface area contributed by atoms with E-state index in [2.05, 4.69) is 77.2 Å². The molecule has 1 aromatic carbocycles. The lowest BCUT2D eigenvalue weighted by Gasteiger charge is -2.30. The van der Waals surface area contributed by atoms with Gasteiger partial charge in [-0.15, -0.1) is 10.2 Å². The molecule has 1 fully saturated rings. The van der Waals surface area contributed by atoms with Gasteiger partial charge in [0.05, 0.1) is 5.54 Å². The Kier molecular flexibility index (Phi) is 5.52. The van der Waals surface area contributed by atoms with Crippen molar-refractivity contribution in [2.75, 3.05) is 0 Å². The van der Waals surface area contributed by atoms with Gasteiger partial charge in [0.15, 0.2) is 5.82 Å². The van der Waals surface area contributed by atoms with Crippen molar-refractivity contribution in [1.29, 1.82) is 0 Å². The maximum absolute atomic E-state index is 4.67. The summed E-state index contributed by atoms with van der Waals surface area (Å²) in [4.78, 5) is 0. The number of nitrogens with zero attached hydrogens (tertiary/aromatic N) is 3. The molecule has 0 unspecified atom stereocenters. The number of hydrogen-bond acceptors (Lipinski definition) is 2. The minimum Gasteiger partial charge on any atom is -0.302 e. The second-order valence-corrected chi connectivity index (χ2v) is 7.46. The summed E-state index contributed by atoms with van der Waals surface area (Å²) in [5.74, 6) is 2.64. The van der Waals surface area contributed by atoms with Gasteiger partial charge < -0.3 is 4.57 Å². The number of benzene rings is 1. The van der Waals surface area contributed by atoms with Crippen molar-refractivity contribution in [3.63, 3.8) is 0 Å². The zero-order valence-corrected chi connectivity index (χ0v) is 15.7. The van der Waals surface area contributed by atoms with E-state index >= 15 is 0 Å². The standard InChI is InChI=1S/C22H29N3/c1-4-5-12-17-22(2,3)25-20(18-13-8-6-9-14-18)23-24-21(25)19-15-10-7-11-16-19/h4-6,8-9,12-14,17,19H,7,10-11,15-16H2,1-3H3. The van der Waals surface area contributed by atoms with E-state index in [1.165, 1.54) is 32.1 Å². The molecule has 0 amide bonds. The minimum atomic E-state index is -0.180. The Morgan fingerprint density at radius 3 is 2.40 bits per heavy atom. The Labute approximate surface area is 151 Å². The Hall–Kier alpha value is -2.16. The Morgan fingerprint density at radius 1 is 1.00 bits per heavy atom. The summed E-state index contributed by atoms with van der Waals surface area (Å²) in [6.45, 7) is 6.53. The Morgan fingerprint density at radius 2 is 1.72 bits per heavy atom. The fourth-order valence-electron chi connectivity index (χ4n) is 3.74. The molecule has 0 saturated heterocycles. The lowest BCUT2D eigenvalue weighted by atomic mass is 9.88. The second kappa shape index (κ2) is 7.81. The largest absolute Gasteiger partial charge is 0.302 e. The van der Waals surface area contributed by atoms with Crippen LogP contribution < -0.4 is 0 Å². The van der Waals surface area contributed by atoms with Gasteiger partial charge in [-0.05, 0) is 33.6 Å². The zero-order chi connectivity index (χ0) is 17.7. The van der Waals surface area contributed by atoms with Gasteiger partial charge in [-0.2, -0.15) is 0 Å². The van der Waals surface area contributed by atoms with Crippen LogP contribution in [-0.4, -0.2) is 14.8 Å². The van der Waals surface area contributed by atoms with Gasteiger partial charge in [0.25, 0.3) is 0 Å². The molecule has 3 nitrogen and oxygen atoms in total. The van der Waals surface area contributed by atoms with Crippen LogP contribution in [0, 0.1) is 0 Å². The lowest BCUT2D eigenvalue weighted by molar-refractivity contribution is 0.376. The molecule has 3 heteroatoms. The molecule has 1 aliphatic rings. The fraction of sp³-hybridized carbons (Fsp3) is 0.455. The number of hydrogen-bond donors (Lipinski definition) is 0. The van der Waals surface area contributed by atoms with Gasteiger partial charge in [0, 0.05) is 11.5 Å². The molecule has 0 bridgehead atoms. The molecule has 25 heavy (non-hydrogen) atoms. The van der Waals surface area contributed by atoms with E-state index < -0.39 is 0 Å². The first-order valence-corrected chi connectivity index (χ1v) is 9.45. The lowest BCUT2D eigenvalue weighted by Crippen LogP contribution is -2.28. The first kappa shape index (κ1) is 17.7. The molecule has 0 spiro atoms. The van der Waals surface area contributed by atoms with Crippen LogP contribution in [0.25, 0.3) is 11.4 Å². The molecule has 1 aromatic heterocycles. The molecule has 0 radical (unpaired) electrons. The third-order valence-corrected chi connectivity index (χ3v) is 5.07. The molecular formula is C22H29N3. The molecule has 0 N–H and O–H groups in total. The van der Waals surface area contributed by atoms with Crippen molar-refractivity contribution in [1.82, 2.24) is 14.8 Å². The highest BCUT2D eigenvalue weighted by Crippen LogP contribution is 2.36. The maximum atomic E-state index is 4.67. The van der Waals surface area contributed by atoms with Crippen LogP contribution in [0.15, 0.2) is 54.6 Å². The number of aromatic nitrogens is 3. The third kappa shape index (κ3) is 3.92. The highest BCUT2D eigenvalue weighted by molar-refractivity contribution is 5.56. The Bertz CT molecular complexity index is 732. The zero-order valence-electron chi connectivity index (χ0n) is 15.7. The quantitative estimate of drug-likeness (QED) is 0.641. The van der Waals surface area contributed by atoms with Crippen molar-refractivity contribution < 1.29 is 0 Å². The molecule has 132 valence electrons. The van der Waals surface area contributed by atoms with Crippen molar-refractivity contribution in [3.8, 4) is 11.4 Å². The highest BCUT2D eigenvalue weighted by Gasteiger charge is 2.30. The molecule has 2 aromatic rings. The van der Waals surface area contributed by atoms with Crippen LogP contribution in [0.2, 0.25) is 0 Å². The van der Waals surface area contributed by atoms with Crippen LogP contribution >= 0.6 is 0 Å². The van der Waals surface area contributed by atoms with Gasteiger partial charge >= 0.3 is 0 Å². The predicted octanol–water partition coefficient (Wildman–Crippen LogP) is 5.86. The summed E-state index contributed by atoms with van der Waals surface area (Å²) >= 11 is 0. The van der Waals surface area contributed by atoms with E-state index in [9.17, 15) is 0 Å². The summed E-state index contributed by atoms with van der Waals surface area (Å²) in [5, 5.41) is 9.29. The molecule has 1 aliphatic carbocycles. The summed E-state index contributed by atoms with van der Waals surface area (Å²) in [5.41, 5.74) is 0.950. The van der Waals surface area contributed by atoms with E-state index in [-0.39, 0.29) is 5.54 Å². The minimum absolute atomic E-state index is 0.180. The molecule has 0 aliphatic heterocycles. The molecule has 1 saturated carbocycles. The predicted molar refractivity (Wildman–Crippen MR) is 105 cm³/mol. The second-order valence-electron chi connectivity index (χ2n) is 7.46. The highest BCUT2D eigenvalue weighted by atomic mass is 15.3. The maximum Gasteiger partial charge on any atom is 0.164 e. The molecular weight excluding hydrogens is 306 g/mol. The van der Waals surface area contributed by atoms with Crippen molar-refractivity contribution >= 4 is 0 Å². The van der Waals surface area contributed by atoms with Gasteiger partial charge in [-0.1, -0.05) is 73.9 Å². The van der Waals surface area contributed by atoms with Crippen LogP contribution in [0.3, 0.4) is 0 Å². The third-order valence-electron chi connectivity index (χ3n) is 5.07. The smallest absolute Gasteiger partial charge is 0.164 e. The molecule has 0 atom stereocenters. The average molecular weight is 335 g/mol. The Balaban J connectivity index is 2.09. The van der Waals surface area contributed by atoms with E-state index in [1.807, 2.05) is 13.0 Å². The molecule has 3 rings (SSSR count). The van der Waals surface area contributed by atoms with Crippen molar-refractivity contribution in [2.45, 2.75) is 64.3 Å². The van der Waals surface area contributed by atoms with Gasteiger partial charge in [0.1, 0.15) is 5.82 Å². The van der Waals surface area contributed by atoms with Crippen LogP contribution in [0.1, 0.15) is 64.6 Å². The number of rotatable bonds is 5. The van der Waals surface area contributed by atoms with E-state index in [1.54, 1.807) is 0 Å². The summed E-state index contributed by atoms with van der Waals surface area (Å²) in [6.07, 6.45) is 14.9. The SMILES string of the molecule is CC=CC=CC(C)(C)n1c(-c2ccccc2)nnc1C1CCCCC1. The summed E-state index contributed by atoms with van der Waals surface area (Å²) in [6, 6.07) is 10.4. The van der Waals surface area contributed by atoms with Crippen molar-refractivity contribution in [2.24, 2.45) is 0 Å². The van der Waals surface area contributed by atoms with Crippen LogP contribution in [0.5, 0.6) is 0 Å². The van der Waals surface area contributed by atoms with Crippen molar-refractivity contribution in [3.05, 3.63) is 60.5 Å². The first-order chi connectivity index (χ1) is 12.1. The van der Waals surface area contributed by atoms with Crippen LogP contribution in [0.4, 0.5) is 0 Å². The van der Waals surface area contributed by atoms with Gasteiger partial charge in [0.2, 0.25) is 0 Å². The van der Waals surface area contributed by atoms with E-state index in [0.717, 1.165) is 17.2 Å². The topological polar surface area (TPSA) is 30.7 Å². The molecule has 1 heterocycles. The normalized spacial score (nSPS) is 16.9. The van der Waals surface area contributed by atoms with Gasteiger partial charge in [-0.3, -0.25) is 0 Å². The fourth-order valence-corrected chi connectivity index (χ4v) is 3.74.